The molecule has 1 aliphatic carbocycles. The SMILES string of the molecule is CCCCOc1ccc(OC)cc1NC(=O)[C@@H]1CC[C@H](C(=O)O)C1. The van der Waals surface area contributed by atoms with Crippen LogP contribution in [-0.2, 0) is 9.59 Å². The van der Waals surface area contributed by atoms with Gasteiger partial charge in [0.15, 0.2) is 0 Å². The second-order valence-corrected chi connectivity index (χ2v) is 6.10. The highest BCUT2D eigenvalue weighted by Gasteiger charge is 2.34. The smallest absolute Gasteiger partial charge is 0.306 e. The highest BCUT2D eigenvalue weighted by atomic mass is 16.5. The first-order valence-electron chi connectivity index (χ1n) is 8.39. The predicted octanol–water partition coefficient (Wildman–Crippen LogP) is 3.31. The van der Waals surface area contributed by atoms with Gasteiger partial charge in [-0.15, -0.1) is 0 Å². The van der Waals surface area contributed by atoms with E-state index in [1.807, 2.05) is 0 Å². The standard InChI is InChI=1S/C18H25NO5/c1-3-4-9-24-16-8-7-14(23-2)11-15(16)19-17(20)12-5-6-13(10-12)18(21)22/h7-8,11-13H,3-6,9-10H2,1-2H3,(H,19,20)(H,21,22)/t12-,13+/m1/s1. The van der Waals surface area contributed by atoms with Crippen molar-refractivity contribution in [1.82, 2.24) is 0 Å². The molecule has 0 saturated heterocycles. The Balaban J connectivity index is 2.06. The van der Waals surface area contributed by atoms with Crippen LogP contribution in [0.4, 0.5) is 5.69 Å². The summed E-state index contributed by atoms with van der Waals surface area (Å²) in [6, 6.07) is 5.29. The summed E-state index contributed by atoms with van der Waals surface area (Å²) in [7, 11) is 1.56. The number of amides is 1. The lowest BCUT2D eigenvalue weighted by Gasteiger charge is -2.16. The Kier molecular flexibility index (Phi) is 6.46. The Morgan fingerprint density at radius 2 is 2.04 bits per heavy atom. The summed E-state index contributed by atoms with van der Waals surface area (Å²) in [6.45, 7) is 2.66. The molecule has 0 aromatic heterocycles. The van der Waals surface area contributed by atoms with Gasteiger partial charge in [-0.3, -0.25) is 9.59 Å². The third kappa shape index (κ3) is 4.63. The van der Waals surface area contributed by atoms with Crippen LogP contribution in [0.5, 0.6) is 11.5 Å². The minimum Gasteiger partial charge on any atom is -0.497 e. The van der Waals surface area contributed by atoms with Gasteiger partial charge in [-0.2, -0.15) is 0 Å². The van der Waals surface area contributed by atoms with Gasteiger partial charge >= 0.3 is 5.97 Å². The number of rotatable bonds is 8. The fraction of sp³-hybridized carbons (Fsp3) is 0.556. The molecule has 6 heteroatoms. The van der Waals surface area contributed by atoms with Crippen LogP contribution in [0.3, 0.4) is 0 Å². The number of aliphatic carboxylic acids is 1. The topological polar surface area (TPSA) is 84.9 Å². The summed E-state index contributed by atoms with van der Waals surface area (Å²) in [4.78, 5) is 23.5. The van der Waals surface area contributed by atoms with Crippen molar-refractivity contribution >= 4 is 17.6 Å². The van der Waals surface area contributed by atoms with Crippen LogP contribution >= 0.6 is 0 Å². The number of carbonyl (C=O) groups is 2. The Bertz CT molecular complexity index is 587. The Labute approximate surface area is 142 Å². The first-order chi connectivity index (χ1) is 11.5. The van der Waals surface area contributed by atoms with Crippen LogP contribution in [0.25, 0.3) is 0 Å². The fourth-order valence-electron chi connectivity index (χ4n) is 2.86. The van der Waals surface area contributed by atoms with Crippen molar-refractivity contribution in [1.29, 1.82) is 0 Å². The third-order valence-electron chi connectivity index (χ3n) is 4.35. The van der Waals surface area contributed by atoms with Gasteiger partial charge in [0, 0.05) is 12.0 Å². The number of methoxy groups -OCH3 is 1. The molecule has 0 bridgehead atoms. The molecule has 1 aliphatic rings. The molecule has 1 aromatic carbocycles. The molecule has 0 aliphatic heterocycles. The summed E-state index contributed by atoms with van der Waals surface area (Å²) < 4.78 is 10.9. The number of benzene rings is 1. The number of hydrogen-bond donors (Lipinski definition) is 2. The highest BCUT2D eigenvalue weighted by molar-refractivity contribution is 5.94. The number of hydrogen-bond acceptors (Lipinski definition) is 4. The number of anilines is 1. The highest BCUT2D eigenvalue weighted by Crippen LogP contribution is 2.34. The van der Waals surface area contributed by atoms with Crippen molar-refractivity contribution in [2.24, 2.45) is 11.8 Å². The predicted molar refractivity (Wildman–Crippen MR) is 90.5 cm³/mol. The molecular formula is C18H25NO5. The first kappa shape index (κ1) is 18.1. The number of carbonyl (C=O) groups excluding carboxylic acids is 1. The van der Waals surface area contributed by atoms with E-state index in [2.05, 4.69) is 12.2 Å². The van der Waals surface area contributed by atoms with Crippen molar-refractivity contribution in [2.45, 2.75) is 39.0 Å². The summed E-state index contributed by atoms with van der Waals surface area (Å²) in [6.07, 6.45) is 3.49. The van der Waals surface area contributed by atoms with Crippen molar-refractivity contribution in [3.05, 3.63) is 18.2 Å². The van der Waals surface area contributed by atoms with Crippen LogP contribution in [0, 0.1) is 11.8 Å². The van der Waals surface area contributed by atoms with Gasteiger partial charge in [0.05, 0.1) is 25.3 Å². The monoisotopic (exact) mass is 335 g/mol. The lowest BCUT2D eigenvalue weighted by atomic mass is 10.0. The molecule has 2 atom stereocenters. The van der Waals surface area contributed by atoms with Crippen molar-refractivity contribution in [2.75, 3.05) is 19.0 Å². The van der Waals surface area contributed by atoms with Crippen LogP contribution in [0.2, 0.25) is 0 Å². The van der Waals surface area contributed by atoms with E-state index in [0.717, 1.165) is 12.8 Å². The van der Waals surface area contributed by atoms with E-state index in [-0.39, 0.29) is 11.8 Å². The van der Waals surface area contributed by atoms with E-state index in [9.17, 15) is 9.59 Å². The van der Waals surface area contributed by atoms with Crippen LogP contribution < -0.4 is 14.8 Å². The zero-order valence-electron chi connectivity index (χ0n) is 14.2. The zero-order chi connectivity index (χ0) is 17.5. The maximum Gasteiger partial charge on any atom is 0.306 e. The van der Waals surface area contributed by atoms with Gasteiger partial charge in [-0.1, -0.05) is 13.3 Å². The molecule has 1 saturated carbocycles. The molecule has 1 fully saturated rings. The Morgan fingerprint density at radius 3 is 2.67 bits per heavy atom. The van der Waals surface area contributed by atoms with Gasteiger partial charge in [0.25, 0.3) is 0 Å². The molecule has 24 heavy (non-hydrogen) atoms. The number of unbranched alkanes of at least 4 members (excludes halogenated alkanes) is 1. The molecule has 2 rings (SSSR count). The molecule has 1 amide bonds. The van der Waals surface area contributed by atoms with E-state index < -0.39 is 11.9 Å². The quantitative estimate of drug-likeness (QED) is 0.712. The molecule has 2 N–H and O–H groups in total. The van der Waals surface area contributed by atoms with Crippen molar-refractivity contribution in [3.8, 4) is 11.5 Å². The van der Waals surface area contributed by atoms with Gasteiger partial charge in [-0.05, 0) is 37.8 Å². The van der Waals surface area contributed by atoms with Gasteiger partial charge < -0.3 is 19.9 Å². The molecule has 132 valence electrons. The maximum absolute atomic E-state index is 12.5. The second kappa shape index (κ2) is 8.57. The number of ether oxygens (including phenoxy) is 2. The summed E-state index contributed by atoms with van der Waals surface area (Å²) in [5.41, 5.74) is 0.564. The normalized spacial score (nSPS) is 19.8. The minimum atomic E-state index is -0.824. The molecule has 0 radical (unpaired) electrons. The fourth-order valence-corrected chi connectivity index (χ4v) is 2.86. The van der Waals surface area contributed by atoms with E-state index in [1.165, 1.54) is 0 Å². The average molecular weight is 335 g/mol. The Morgan fingerprint density at radius 1 is 1.29 bits per heavy atom. The lowest BCUT2D eigenvalue weighted by molar-refractivity contribution is -0.141. The number of nitrogens with one attached hydrogen (secondary N) is 1. The average Bonchev–Trinajstić information content (AvgIpc) is 3.06. The van der Waals surface area contributed by atoms with Crippen LogP contribution in [0.1, 0.15) is 39.0 Å². The largest absolute Gasteiger partial charge is 0.497 e. The molecule has 0 unspecified atom stereocenters. The Hall–Kier alpha value is -2.24. The zero-order valence-corrected chi connectivity index (χ0v) is 14.2. The first-order valence-corrected chi connectivity index (χ1v) is 8.39. The minimum absolute atomic E-state index is 0.160. The van der Waals surface area contributed by atoms with E-state index in [1.54, 1.807) is 25.3 Å². The van der Waals surface area contributed by atoms with Crippen molar-refractivity contribution < 1.29 is 24.2 Å². The molecule has 1 aromatic rings. The third-order valence-corrected chi connectivity index (χ3v) is 4.35. The summed E-state index contributed by atoms with van der Waals surface area (Å²) >= 11 is 0. The van der Waals surface area contributed by atoms with Crippen LogP contribution in [0.15, 0.2) is 18.2 Å². The van der Waals surface area contributed by atoms with E-state index in [0.29, 0.717) is 43.1 Å². The number of carboxylic acid groups (broad SMARTS) is 1. The summed E-state index contributed by atoms with van der Waals surface area (Å²) in [5.74, 6) is -0.455. The number of carboxylic acids is 1. The van der Waals surface area contributed by atoms with Gasteiger partial charge in [0.2, 0.25) is 5.91 Å². The lowest BCUT2D eigenvalue weighted by Crippen LogP contribution is -2.22. The van der Waals surface area contributed by atoms with Crippen molar-refractivity contribution in [3.63, 3.8) is 0 Å². The molecular weight excluding hydrogens is 310 g/mol. The van der Waals surface area contributed by atoms with Gasteiger partial charge in [-0.25, -0.2) is 0 Å². The second-order valence-electron chi connectivity index (χ2n) is 6.10. The van der Waals surface area contributed by atoms with Gasteiger partial charge in [0.1, 0.15) is 11.5 Å². The van der Waals surface area contributed by atoms with Crippen LogP contribution in [-0.4, -0.2) is 30.7 Å². The van der Waals surface area contributed by atoms with E-state index in [4.69, 9.17) is 14.6 Å². The molecule has 0 heterocycles. The molecule has 0 spiro atoms. The molecule has 6 nitrogen and oxygen atoms in total. The van der Waals surface area contributed by atoms with E-state index >= 15 is 0 Å². The maximum atomic E-state index is 12.5. The summed E-state index contributed by atoms with van der Waals surface area (Å²) in [5, 5.41) is 11.9.